The molecule has 4 rings (SSSR count). The molecule has 0 amide bonds. The number of Topliss-reactive ketones (excluding diaryl/α,β-unsaturated/α-hetero) is 1. The van der Waals surface area contributed by atoms with Gasteiger partial charge in [0, 0.05) is 29.0 Å². The molecule has 0 radical (unpaired) electrons. The highest BCUT2D eigenvalue weighted by atomic mass is 32.2. The van der Waals surface area contributed by atoms with E-state index in [2.05, 4.69) is 25.3 Å². The monoisotopic (exact) mass is 411 g/mol. The van der Waals surface area contributed by atoms with Crippen molar-refractivity contribution < 1.29 is 4.79 Å². The van der Waals surface area contributed by atoms with Crippen LogP contribution in [0.3, 0.4) is 0 Å². The van der Waals surface area contributed by atoms with Crippen molar-refractivity contribution in [2.24, 2.45) is 5.92 Å². The minimum absolute atomic E-state index is 0.305. The number of aromatic nitrogens is 4. The van der Waals surface area contributed by atoms with E-state index in [0.717, 1.165) is 46.4 Å². The molecule has 2 aromatic heterocycles. The zero-order valence-corrected chi connectivity index (χ0v) is 17.4. The lowest BCUT2D eigenvalue weighted by Crippen LogP contribution is -2.05. The van der Waals surface area contributed by atoms with E-state index >= 15 is 0 Å². The molecule has 1 aliphatic rings. The Morgan fingerprint density at radius 1 is 1.18 bits per heavy atom. The molecular formula is C20H21N5OS2. The third-order valence-corrected chi connectivity index (χ3v) is 6.11. The molecule has 0 unspecified atom stereocenters. The van der Waals surface area contributed by atoms with Crippen molar-refractivity contribution in [3.63, 3.8) is 0 Å². The number of aryl methyl sites for hydroxylation is 2. The lowest BCUT2D eigenvalue weighted by molar-refractivity contribution is -0.119. The van der Waals surface area contributed by atoms with Gasteiger partial charge in [-0.15, -0.1) is 11.3 Å². The van der Waals surface area contributed by atoms with Crippen LogP contribution in [0, 0.1) is 12.8 Å². The maximum Gasteiger partial charge on any atom is 0.233 e. The Morgan fingerprint density at radius 3 is 2.61 bits per heavy atom. The van der Waals surface area contributed by atoms with E-state index in [1.54, 1.807) is 0 Å². The first-order chi connectivity index (χ1) is 13.6. The van der Waals surface area contributed by atoms with Crippen molar-refractivity contribution in [3.05, 3.63) is 46.7 Å². The second-order valence-corrected chi connectivity index (χ2v) is 8.69. The highest BCUT2D eigenvalue weighted by Crippen LogP contribution is 2.31. The van der Waals surface area contributed by atoms with E-state index in [1.165, 1.54) is 23.1 Å². The minimum Gasteiger partial charge on any atom is -0.300 e. The summed E-state index contributed by atoms with van der Waals surface area (Å²) in [6.45, 7) is 3.97. The summed E-state index contributed by atoms with van der Waals surface area (Å²) in [5.41, 5.74) is 2.03. The van der Waals surface area contributed by atoms with Gasteiger partial charge < -0.3 is 0 Å². The van der Waals surface area contributed by atoms with Crippen molar-refractivity contribution >= 4 is 40.0 Å². The maximum atomic E-state index is 12.0. The molecule has 3 aromatic rings. The molecule has 28 heavy (non-hydrogen) atoms. The number of ketones is 1. The zero-order valence-electron chi connectivity index (χ0n) is 15.8. The number of nitrogens with zero attached hydrogens (tertiary/aromatic N) is 4. The Kier molecular flexibility index (Phi) is 5.68. The van der Waals surface area contributed by atoms with Crippen LogP contribution in [0.1, 0.15) is 36.8 Å². The van der Waals surface area contributed by atoms with Gasteiger partial charge in [-0.3, -0.25) is 10.1 Å². The van der Waals surface area contributed by atoms with Gasteiger partial charge in [-0.1, -0.05) is 19.1 Å². The SMILES string of the molecule is CCc1nc(Nc2nc(C)cs2)nc(Sc2ccc(CC(=O)C3CC3)cc2)n1. The molecule has 0 saturated heterocycles. The summed E-state index contributed by atoms with van der Waals surface area (Å²) < 4.78 is 0. The normalized spacial score (nSPS) is 13.5. The maximum absolute atomic E-state index is 12.0. The molecule has 6 nitrogen and oxygen atoms in total. The number of carbonyl (C=O) groups excluding carboxylic acids is 1. The van der Waals surface area contributed by atoms with Crippen LogP contribution in [-0.4, -0.2) is 25.7 Å². The summed E-state index contributed by atoms with van der Waals surface area (Å²) in [5, 5.41) is 6.56. The van der Waals surface area contributed by atoms with E-state index in [-0.39, 0.29) is 0 Å². The molecule has 144 valence electrons. The van der Waals surface area contributed by atoms with Gasteiger partial charge in [0.05, 0.1) is 5.69 Å². The third kappa shape index (κ3) is 4.94. The Balaban J connectivity index is 1.47. The van der Waals surface area contributed by atoms with Gasteiger partial charge in [-0.25, -0.2) is 9.97 Å². The van der Waals surface area contributed by atoms with Crippen LogP contribution in [0.2, 0.25) is 0 Å². The number of nitrogens with one attached hydrogen (secondary N) is 1. The molecule has 1 fully saturated rings. The number of rotatable bonds is 8. The van der Waals surface area contributed by atoms with Crippen LogP contribution < -0.4 is 5.32 Å². The van der Waals surface area contributed by atoms with Gasteiger partial charge in [0.2, 0.25) is 5.95 Å². The summed E-state index contributed by atoms with van der Waals surface area (Å²) in [7, 11) is 0. The van der Waals surface area contributed by atoms with E-state index in [4.69, 9.17) is 0 Å². The summed E-state index contributed by atoms with van der Waals surface area (Å²) in [6, 6.07) is 8.07. The van der Waals surface area contributed by atoms with Crippen LogP contribution >= 0.6 is 23.1 Å². The molecule has 0 aliphatic heterocycles. The van der Waals surface area contributed by atoms with Crippen molar-refractivity contribution in [2.45, 2.75) is 49.6 Å². The molecule has 1 saturated carbocycles. The summed E-state index contributed by atoms with van der Waals surface area (Å²) in [5.74, 6) is 1.91. The van der Waals surface area contributed by atoms with E-state index < -0.39 is 0 Å². The first-order valence-corrected chi connectivity index (χ1v) is 11.0. The van der Waals surface area contributed by atoms with Gasteiger partial charge in [0.25, 0.3) is 0 Å². The lowest BCUT2D eigenvalue weighted by Gasteiger charge is -2.07. The van der Waals surface area contributed by atoms with Crippen LogP contribution in [0.15, 0.2) is 39.7 Å². The molecule has 0 spiro atoms. The fourth-order valence-electron chi connectivity index (χ4n) is 2.70. The Morgan fingerprint density at radius 2 is 1.96 bits per heavy atom. The number of thiazole rings is 1. The zero-order chi connectivity index (χ0) is 19.5. The quantitative estimate of drug-likeness (QED) is 0.579. The topological polar surface area (TPSA) is 80.7 Å². The fraction of sp³-hybridized carbons (Fsp3) is 0.350. The molecular weight excluding hydrogens is 390 g/mol. The number of hydrogen-bond donors (Lipinski definition) is 1. The van der Waals surface area contributed by atoms with Gasteiger partial charge in [0.15, 0.2) is 10.3 Å². The number of benzene rings is 1. The van der Waals surface area contributed by atoms with Crippen molar-refractivity contribution in [2.75, 3.05) is 5.32 Å². The molecule has 1 N–H and O–H groups in total. The first-order valence-electron chi connectivity index (χ1n) is 9.32. The van der Waals surface area contributed by atoms with Crippen LogP contribution in [-0.2, 0) is 17.6 Å². The van der Waals surface area contributed by atoms with Gasteiger partial charge >= 0.3 is 0 Å². The van der Waals surface area contributed by atoms with Crippen molar-refractivity contribution in [1.82, 2.24) is 19.9 Å². The van der Waals surface area contributed by atoms with Crippen molar-refractivity contribution in [3.8, 4) is 0 Å². The predicted octanol–water partition coefficient (Wildman–Crippen LogP) is 4.62. The number of anilines is 2. The molecule has 1 aliphatic carbocycles. The summed E-state index contributed by atoms with van der Waals surface area (Å²) >= 11 is 3.01. The smallest absolute Gasteiger partial charge is 0.233 e. The summed E-state index contributed by atoms with van der Waals surface area (Å²) in [6.07, 6.45) is 3.37. The van der Waals surface area contributed by atoms with Gasteiger partial charge in [-0.05, 0) is 49.2 Å². The van der Waals surface area contributed by atoms with Crippen LogP contribution in [0.4, 0.5) is 11.1 Å². The second kappa shape index (κ2) is 8.36. The first kappa shape index (κ1) is 19.0. The van der Waals surface area contributed by atoms with Gasteiger partial charge in [0.1, 0.15) is 11.6 Å². The van der Waals surface area contributed by atoms with E-state index in [0.29, 0.717) is 29.2 Å². The lowest BCUT2D eigenvalue weighted by atomic mass is 10.1. The third-order valence-electron chi connectivity index (χ3n) is 4.36. The molecule has 2 heterocycles. The highest BCUT2D eigenvalue weighted by Gasteiger charge is 2.28. The highest BCUT2D eigenvalue weighted by molar-refractivity contribution is 7.99. The largest absolute Gasteiger partial charge is 0.300 e. The van der Waals surface area contributed by atoms with Gasteiger partial charge in [-0.2, -0.15) is 9.97 Å². The van der Waals surface area contributed by atoms with E-state index in [9.17, 15) is 4.79 Å². The fourth-order valence-corrected chi connectivity index (χ4v) is 4.14. The average Bonchev–Trinajstić information content (AvgIpc) is 3.46. The molecule has 0 bridgehead atoms. The second-order valence-electron chi connectivity index (χ2n) is 6.79. The predicted molar refractivity (Wildman–Crippen MR) is 111 cm³/mol. The number of carbonyl (C=O) groups is 1. The standard InChI is InChI=1S/C20H21N5OS2/c1-3-17-22-18(24-19-21-12(2)11-27-19)25-20(23-17)28-15-8-4-13(5-9-15)10-16(26)14-6-7-14/h4-5,8-9,11,14H,3,6-7,10H2,1-2H3,(H,21,22,23,24,25). The van der Waals surface area contributed by atoms with Crippen LogP contribution in [0.25, 0.3) is 0 Å². The minimum atomic E-state index is 0.305. The molecule has 0 atom stereocenters. The van der Waals surface area contributed by atoms with Crippen LogP contribution in [0.5, 0.6) is 0 Å². The van der Waals surface area contributed by atoms with E-state index in [1.807, 2.05) is 43.5 Å². The Hall–Kier alpha value is -2.32. The number of hydrogen-bond acceptors (Lipinski definition) is 8. The Bertz CT molecular complexity index is 983. The molecule has 1 aromatic carbocycles. The Labute approximate surface area is 172 Å². The average molecular weight is 412 g/mol. The summed E-state index contributed by atoms with van der Waals surface area (Å²) in [4.78, 5) is 30.9. The van der Waals surface area contributed by atoms with Crippen molar-refractivity contribution in [1.29, 1.82) is 0 Å². The molecule has 8 heteroatoms.